The van der Waals surface area contributed by atoms with Crippen molar-refractivity contribution in [1.82, 2.24) is 0 Å². The number of hydrogen-bond acceptors (Lipinski definition) is 2. The number of nitrogens with zero attached hydrogens (tertiary/aromatic N) is 1. The lowest BCUT2D eigenvalue weighted by atomic mass is 10.4. The van der Waals surface area contributed by atoms with Crippen LogP contribution >= 0.6 is 0 Å². The summed E-state index contributed by atoms with van der Waals surface area (Å²) < 4.78 is 1.71. The monoisotopic (exact) mass is 230 g/mol. The number of carbonyl (C=O) groups is 1. The topological polar surface area (TPSA) is 47.0 Å². The summed E-state index contributed by atoms with van der Waals surface area (Å²) in [6.45, 7) is 1.89. The zero-order valence-electron chi connectivity index (χ0n) is 6.83. The highest BCUT2D eigenvalue weighted by Crippen LogP contribution is 1.90. The van der Waals surface area contributed by atoms with Gasteiger partial charge in [0.05, 0.1) is 6.20 Å². The van der Waals surface area contributed by atoms with E-state index in [2.05, 4.69) is 0 Å². The van der Waals surface area contributed by atoms with E-state index >= 15 is 0 Å². The lowest BCUT2D eigenvalue weighted by Gasteiger charge is -1.97. The number of carbonyl (C=O) groups excluding carboxylic acids is 1. The molecule has 1 rings (SSSR count). The van der Waals surface area contributed by atoms with Gasteiger partial charge in [0.25, 0.3) is 5.82 Å². The van der Waals surface area contributed by atoms with Crippen LogP contribution in [0, 0.1) is 0 Å². The fourth-order valence-electron chi connectivity index (χ4n) is 0.873. The Morgan fingerprint density at radius 2 is 2.25 bits per heavy atom. The number of halogens is 1. The molecule has 0 aliphatic rings. The van der Waals surface area contributed by atoms with E-state index in [1.165, 1.54) is 0 Å². The summed E-state index contributed by atoms with van der Waals surface area (Å²) >= 11 is 0. The fourth-order valence-corrected chi connectivity index (χ4v) is 0.873. The Morgan fingerprint density at radius 1 is 1.58 bits per heavy atom. The van der Waals surface area contributed by atoms with Gasteiger partial charge in [-0.2, -0.15) is 0 Å². The van der Waals surface area contributed by atoms with Crippen molar-refractivity contribution < 1.29 is 26.3 Å². The number of anilines is 1. The van der Waals surface area contributed by atoms with Crippen LogP contribution in [-0.4, -0.2) is 5.78 Å². The standard InChI is InChI=1S/C8H10N2O.BrH/c1-7(11)6-10-5-3-2-4-8(10)9;/h2-5,9H,6H2,1H3;1H. The van der Waals surface area contributed by atoms with Gasteiger partial charge >= 0.3 is 0 Å². The summed E-state index contributed by atoms with van der Waals surface area (Å²) in [4.78, 5) is 10.7. The Kier molecular flexibility index (Phi) is 4.51. The Hall–Kier alpha value is -0.900. The molecular weight excluding hydrogens is 220 g/mol. The highest BCUT2D eigenvalue weighted by Gasteiger charge is 2.03. The molecule has 0 saturated carbocycles. The van der Waals surface area contributed by atoms with Crippen molar-refractivity contribution in [3.8, 4) is 0 Å². The second-order valence-electron chi connectivity index (χ2n) is 2.46. The average molecular weight is 231 g/mol. The van der Waals surface area contributed by atoms with Gasteiger partial charge < -0.3 is 17.0 Å². The second-order valence-corrected chi connectivity index (χ2v) is 2.46. The molecule has 2 N–H and O–H groups in total. The van der Waals surface area contributed by atoms with Gasteiger partial charge in [-0.1, -0.05) is 6.07 Å². The highest BCUT2D eigenvalue weighted by atomic mass is 79.9. The molecule has 3 nitrogen and oxygen atoms in total. The molecule has 0 atom stereocenters. The number of aromatic nitrogens is 1. The third-order valence-electron chi connectivity index (χ3n) is 1.37. The number of nitrogen functional groups attached to an aromatic ring is 1. The van der Waals surface area contributed by atoms with Crippen molar-refractivity contribution >= 4 is 11.6 Å². The molecule has 1 aromatic rings. The lowest BCUT2D eigenvalue weighted by molar-refractivity contribution is -0.669. The van der Waals surface area contributed by atoms with Crippen LogP contribution < -0.4 is 27.3 Å². The molecule has 0 radical (unpaired) electrons. The number of hydrogen-bond donors (Lipinski definition) is 1. The second kappa shape index (κ2) is 4.87. The van der Waals surface area contributed by atoms with E-state index in [0.29, 0.717) is 12.4 Å². The van der Waals surface area contributed by atoms with Crippen molar-refractivity contribution in [3.05, 3.63) is 24.4 Å². The summed E-state index contributed by atoms with van der Waals surface area (Å²) in [6.07, 6.45) is 1.79. The van der Waals surface area contributed by atoms with Gasteiger partial charge in [0, 0.05) is 6.07 Å². The summed E-state index contributed by atoms with van der Waals surface area (Å²) in [5.41, 5.74) is 5.58. The predicted molar refractivity (Wildman–Crippen MR) is 41.7 cm³/mol. The van der Waals surface area contributed by atoms with Gasteiger partial charge in [-0.15, -0.1) is 0 Å². The van der Waals surface area contributed by atoms with Gasteiger partial charge in [0.2, 0.25) is 0 Å². The number of Topliss-reactive ketones (excluding diaryl/α,β-unsaturated/α-hetero) is 1. The Labute approximate surface area is 82.0 Å². The summed E-state index contributed by atoms with van der Waals surface area (Å²) in [6, 6.07) is 5.45. The van der Waals surface area contributed by atoms with Crippen LogP contribution in [0.25, 0.3) is 0 Å². The Bertz CT molecular complexity index is 276. The number of pyridine rings is 1. The van der Waals surface area contributed by atoms with Crippen LogP contribution in [0.1, 0.15) is 6.92 Å². The molecule has 0 spiro atoms. The third-order valence-corrected chi connectivity index (χ3v) is 1.37. The van der Waals surface area contributed by atoms with Crippen molar-refractivity contribution in [3.63, 3.8) is 0 Å². The Morgan fingerprint density at radius 3 is 2.75 bits per heavy atom. The lowest BCUT2D eigenvalue weighted by Crippen LogP contribution is -3.00. The minimum absolute atomic E-state index is 0. The summed E-state index contributed by atoms with van der Waals surface area (Å²) in [5, 5.41) is 0. The highest BCUT2D eigenvalue weighted by molar-refractivity contribution is 5.73. The zero-order chi connectivity index (χ0) is 8.27. The maximum atomic E-state index is 10.7. The van der Waals surface area contributed by atoms with Gasteiger partial charge in [-0.25, -0.2) is 4.57 Å². The van der Waals surface area contributed by atoms with E-state index in [1.807, 2.05) is 12.1 Å². The van der Waals surface area contributed by atoms with Gasteiger partial charge in [-0.05, 0) is 13.0 Å². The molecule has 0 aromatic carbocycles. The van der Waals surface area contributed by atoms with Crippen LogP contribution in [-0.2, 0) is 11.3 Å². The molecular formula is C8H11BrN2O. The van der Waals surface area contributed by atoms with Gasteiger partial charge in [0.15, 0.2) is 5.78 Å². The van der Waals surface area contributed by atoms with E-state index in [1.54, 1.807) is 23.8 Å². The van der Waals surface area contributed by atoms with Crippen LogP contribution in [0.4, 0.5) is 5.82 Å². The van der Waals surface area contributed by atoms with Crippen LogP contribution in [0.3, 0.4) is 0 Å². The molecule has 4 heteroatoms. The normalized spacial score (nSPS) is 8.75. The van der Waals surface area contributed by atoms with Gasteiger partial charge in [-0.3, -0.25) is 10.5 Å². The smallest absolute Gasteiger partial charge is 0.272 e. The van der Waals surface area contributed by atoms with E-state index in [4.69, 9.17) is 5.73 Å². The summed E-state index contributed by atoms with van der Waals surface area (Å²) in [5.74, 6) is 0.718. The first-order valence-electron chi connectivity index (χ1n) is 3.43. The van der Waals surface area contributed by atoms with Crippen LogP contribution in [0.15, 0.2) is 24.4 Å². The molecule has 0 unspecified atom stereocenters. The molecule has 0 bridgehead atoms. The molecule has 0 aliphatic heterocycles. The van der Waals surface area contributed by atoms with E-state index in [0.717, 1.165) is 0 Å². The average Bonchev–Trinajstić information content (AvgIpc) is 1.93. The molecule has 66 valence electrons. The first-order valence-corrected chi connectivity index (χ1v) is 3.43. The van der Waals surface area contributed by atoms with Crippen molar-refractivity contribution in [2.45, 2.75) is 13.5 Å². The van der Waals surface area contributed by atoms with Crippen molar-refractivity contribution in [2.24, 2.45) is 0 Å². The molecule has 0 saturated heterocycles. The third kappa shape index (κ3) is 3.00. The Balaban J connectivity index is 0.00000121. The molecule has 1 aromatic heterocycles. The molecule has 0 aliphatic carbocycles. The number of nitrogens with two attached hydrogens (primary N) is 1. The number of ketones is 1. The number of rotatable bonds is 2. The van der Waals surface area contributed by atoms with Crippen LogP contribution in [0.5, 0.6) is 0 Å². The zero-order valence-corrected chi connectivity index (χ0v) is 8.41. The quantitative estimate of drug-likeness (QED) is 0.557. The summed E-state index contributed by atoms with van der Waals surface area (Å²) in [7, 11) is 0. The minimum Gasteiger partial charge on any atom is -1.00 e. The van der Waals surface area contributed by atoms with E-state index < -0.39 is 0 Å². The van der Waals surface area contributed by atoms with Crippen LogP contribution in [0.2, 0.25) is 0 Å². The fraction of sp³-hybridized carbons (Fsp3) is 0.250. The van der Waals surface area contributed by atoms with Gasteiger partial charge in [0.1, 0.15) is 6.54 Å². The SMILES string of the molecule is CC(=O)C[n+]1ccccc1N.[Br-]. The molecule has 0 amide bonds. The minimum atomic E-state index is 0. The van der Waals surface area contributed by atoms with Crippen molar-refractivity contribution in [2.75, 3.05) is 5.73 Å². The maximum Gasteiger partial charge on any atom is 0.272 e. The molecule has 0 fully saturated rings. The first-order chi connectivity index (χ1) is 5.20. The molecule has 1 heterocycles. The van der Waals surface area contributed by atoms with E-state index in [9.17, 15) is 4.79 Å². The maximum absolute atomic E-state index is 10.7. The molecule has 12 heavy (non-hydrogen) atoms. The largest absolute Gasteiger partial charge is 1.00 e. The predicted octanol–water partition coefficient (Wildman–Crippen LogP) is -2.85. The van der Waals surface area contributed by atoms with Crippen molar-refractivity contribution in [1.29, 1.82) is 0 Å². The first kappa shape index (κ1) is 11.1. The van der Waals surface area contributed by atoms with E-state index in [-0.39, 0.29) is 22.8 Å².